The van der Waals surface area contributed by atoms with Gasteiger partial charge in [-0.2, -0.15) is 0 Å². The predicted molar refractivity (Wildman–Crippen MR) is 67.2 cm³/mol. The number of hydrogen-bond donors (Lipinski definition) is 1. The smallest absolute Gasteiger partial charge is 0.371 e. The molecule has 0 saturated heterocycles. The molecule has 0 aliphatic rings. The second kappa shape index (κ2) is 3.77. The Morgan fingerprint density at radius 3 is 2.72 bits per heavy atom. The summed E-state index contributed by atoms with van der Waals surface area (Å²) in [6, 6.07) is 10.8. The van der Waals surface area contributed by atoms with Crippen LogP contribution in [-0.4, -0.2) is 18.2 Å². The Balaban J connectivity index is 2.34. The van der Waals surface area contributed by atoms with Crippen LogP contribution in [0.3, 0.4) is 0 Å². The third-order valence-electron chi connectivity index (χ3n) is 2.93. The topological polar surface area (TPSA) is 59.7 Å². The maximum atomic E-state index is 10.9. The van der Waals surface area contributed by atoms with Crippen LogP contribution in [0.25, 0.3) is 21.7 Å². The molecule has 4 heteroatoms. The number of benzene rings is 2. The van der Waals surface area contributed by atoms with Crippen molar-refractivity contribution in [3.8, 4) is 5.75 Å². The van der Waals surface area contributed by atoms with E-state index in [1.807, 2.05) is 24.3 Å². The van der Waals surface area contributed by atoms with Gasteiger partial charge in [-0.25, -0.2) is 4.79 Å². The SMILES string of the molecule is COc1ccc2c(ccc3oc(C(=O)O)cc32)c1. The fourth-order valence-corrected chi connectivity index (χ4v) is 2.06. The van der Waals surface area contributed by atoms with E-state index < -0.39 is 5.97 Å². The molecular formula is C14H10O4. The summed E-state index contributed by atoms with van der Waals surface area (Å²) in [6.45, 7) is 0. The van der Waals surface area contributed by atoms with E-state index in [0.29, 0.717) is 5.58 Å². The van der Waals surface area contributed by atoms with E-state index in [-0.39, 0.29) is 5.76 Å². The molecule has 1 N–H and O–H groups in total. The van der Waals surface area contributed by atoms with Crippen LogP contribution in [0.2, 0.25) is 0 Å². The van der Waals surface area contributed by atoms with Gasteiger partial charge in [0.25, 0.3) is 0 Å². The van der Waals surface area contributed by atoms with Gasteiger partial charge in [0.1, 0.15) is 11.3 Å². The lowest BCUT2D eigenvalue weighted by Crippen LogP contribution is -1.91. The first-order valence-electron chi connectivity index (χ1n) is 5.42. The summed E-state index contributed by atoms with van der Waals surface area (Å²) in [6.07, 6.45) is 0. The summed E-state index contributed by atoms with van der Waals surface area (Å²) < 4.78 is 10.4. The fourth-order valence-electron chi connectivity index (χ4n) is 2.06. The summed E-state index contributed by atoms with van der Waals surface area (Å²) in [7, 11) is 1.61. The second-order valence-electron chi connectivity index (χ2n) is 3.98. The molecule has 90 valence electrons. The summed E-state index contributed by atoms with van der Waals surface area (Å²) in [5, 5.41) is 11.7. The number of methoxy groups -OCH3 is 1. The Hall–Kier alpha value is -2.49. The molecule has 0 fully saturated rings. The van der Waals surface area contributed by atoms with Crippen molar-refractivity contribution in [3.63, 3.8) is 0 Å². The molecule has 0 atom stereocenters. The van der Waals surface area contributed by atoms with E-state index in [1.54, 1.807) is 19.2 Å². The van der Waals surface area contributed by atoms with E-state index in [0.717, 1.165) is 21.9 Å². The number of rotatable bonds is 2. The normalized spacial score (nSPS) is 10.9. The number of aromatic carboxylic acids is 1. The molecule has 18 heavy (non-hydrogen) atoms. The third-order valence-corrected chi connectivity index (χ3v) is 2.93. The van der Waals surface area contributed by atoms with Crippen molar-refractivity contribution in [3.05, 3.63) is 42.2 Å². The van der Waals surface area contributed by atoms with Crippen LogP contribution in [0.1, 0.15) is 10.6 Å². The molecule has 0 saturated carbocycles. The lowest BCUT2D eigenvalue weighted by atomic mass is 10.1. The van der Waals surface area contributed by atoms with Crippen LogP contribution < -0.4 is 4.74 Å². The molecule has 0 amide bonds. The van der Waals surface area contributed by atoms with Gasteiger partial charge in [0, 0.05) is 5.39 Å². The highest BCUT2D eigenvalue weighted by atomic mass is 16.5. The molecule has 0 bridgehead atoms. The molecule has 3 aromatic rings. The molecule has 0 unspecified atom stereocenters. The van der Waals surface area contributed by atoms with Crippen LogP contribution in [-0.2, 0) is 0 Å². The fraction of sp³-hybridized carbons (Fsp3) is 0.0714. The number of carbonyl (C=O) groups is 1. The average molecular weight is 242 g/mol. The van der Waals surface area contributed by atoms with E-state index in [4.69, 9.17) is 14.3 Å². The van der Waals surface area contributed by atoms with Crippen molar-refractivity contribution < 1.29 is 19.1 Å². The van der Waals surface area contributed by atoms with Crippen LogP contribution in [0.4, 0.5) is 0 Å². The molecule has 1 aromatic heterocycles. The summed E-state index contributed by atoms with van der Waals surface area (Å²) in [5.74, 6) is -0.343. The minimum Gasteiger partial charge on any atom is -0.497 e. The Morgan fingerprint density at radius 1 is 1.17 bits per heavy atom. The quantitative estimate of drug-likeness (QED) is 0.749. The third kappa shape index (κ3) is 1.50. The predicted octanol–water partition coefficient (Wildman–Crippen LogP) is 3.29. The monoisotopic (exact) mass is 242 g/mol. The second-order valence-corrected chi connectivity index (χ2v) is 3.98. The van der Waals surface area contributed by atoms with Gasteiger partial charge in [0.05, 0.1) is 7.11 Å². The van der Waals surface area contributed by atoms with Gasteiger partial charge >= 0.3 is 5.97 Å². The van der Waals surface area contributed by atoms with Gasteiger partial charge in [-0.1, -0.05) is 6.07 Å². The van der Waals surface area contributed by atoms with E-state index in [2.05, 4.69) is 0 Å². The number of carboxylic acids is 1. The molecule has 0 aliphatic carbocycles. The Labute approximate surface area is 102 Å². The first-order valence-corrected chi connectivity index (χ1v) is 5.42. The molecular weight excluding hydrogens is 232 g/mol. The van der Waals surface area contributed by atoms with Gasteiger partial charge in [0.2, 0.25) is 5.76 Å². The molecule has 2 aromatic carbocycles. The van der Waals surface area contributed by atoms with E-state index >= 15 is 0 Å². The zero-order chi connectivity index (χ0) is 12.7. The van der Waals surface area contributed by atoms with E-state index in [1.165, 1.54) is 0 Å². The highest BCUT2D eigenvalue weighted by Gasteiger charge is 2.12. The van der Waals surface area contributed by atoms with Gasteiger partial charge < -0.3 is 14.3 Å². The zero-order valence-corrected chi connectivity index (χ0v) is 9.64. The minimum atomic E-state index is -1.06. The Morgan fingerprint density at radius 2 is 2.00 bits per heavy atom. The van der Waals surface area contributed by atoms with Crippen LogP contribution >= 0.6 is 0 Å². The number of fused-ring (bicyclic) bond motifs is 3. The van der Waals surface area contributed by atoms with Crippen molar-refractivity contribution in [2.24, 2.45) is 0 Å². The minimum absolute atomic E-state index is 0.0479. The van der Waals surface area contributed by atoms with Crippen LogP contribution in [0, 0.1) is 0 Å². The lowest BCUT2D eigenvalue weighted by Gasteiger charge is -2.02. The molecule has 3 rings (SSSR count). The van der Waals surface area contributed by atoms with Crippen LogP contribution in [0.15, 0.2) is 40.8 Å². The maximum absolute atomic E-state index is 10.9. The van der Waals surface area contributed by atoms with Crippen molar-refractivity contribution >= 4 is 27.7 Å². The van der Waals surface area contributed by atoms with Gasteiger partial charge in [0.15, 0.2) is 0 Å². The summed E-state index contributed by atoms with van der Waals surface area (Å²) >= 11 is 0. The van der Waals surface area contributed by atoms with E-state index in [9.17, 15) is 4.79 Å². The lowest BCUT2D eigenvalue weighted by molar-refractivity contribution is 0.0665. The largest absolute Gasteiger partial charge is 0.497 e. The van der Waals surface area contributed by atoms with Gasteiger partial charge in [-0.15, -0.1) is 0 Å². The van der Waals surface area contributed by atoms with Gasteiger partial charge in [-0.3, -0.25) is 0 Å². The highest BCUT2D eigenvalue weighted by molar-refractivity contribution is 6.08. The molecule has 0 aliphatic heterocycles. The molecule has 4 nitrogen and oxygen atoms in total. The number of ether oxygens (including phenoxy) is 1. The van der Waals surface area contributed by atoms with Crippen molar-refractivity contribution in [2.45, 2.75) is 0 Å². The average Bonchev–Trinajstić information content (AvgIpc) is 2.82. The molecule has 0 spiro atoms. The first-order chi connectivity index (χ1) is 8.69. The van der Waals surface area contributed by atoms with Crippen LogP contribution in [0.5, 0.6) is 5.75 Å². The Bertz CT molecular complexity index is 755. The first kappa shape index (κ1) is 10.7. The number of hydrogen-bond acceptors (Lipinski definition) is 3. The number of furan rings is 1. The van der Waals surface area contributed by atoms with Gasteiger partial charge in [-0.05, 0) is 41.1 Å². The Kier molecular flexibility index (Phi) is 2.23. The molecule has 0 radical (unpaired) electrons. The van der Waals surface area contributed by atoms with Crippen molar-refractivity contribution in [1.82, 2.24) is 0 Å². The summed E-state index contributed by atoms with van der Waals surface area (Å²) in [4.78, 5) is 10.9. The summed E-state index contributed by atoms with van der Waals surface area (Å²) in [5.41, 5.74) is 0.574. The molecule has 1 heterocycles. The zero-order valence-electron chi connectivity index (χ0n) is 9.64. The van der Waals surface area contributed by atoms with Crippen molar-refractivity contribution in [2.75, 3.05) is 7.11 Å². The maximum Gasteiger partial charge on any atom is 0.371 e. The number of carboxylic acid groups (broad SMARTS) is 1. The standard InChI is InChI=1S/C14H10O4/c1-17-9-3-4-10-8(6-9)2-5-12-11(10)7-13(18-12)14(15)16/h2-7H,1H3,(H,15,16). The highest BCUT2D eigenvalue weighted by Crippen LogP contribution is 2.30. The van der Waals surface area contributed by atoms with Crippen molar-refractivity contribution in [1.29, 1.82) is 0 Å².